The zero-order valence-corrected chi connectivity index (χ0v) is 20.2. The molecule has 0 aliphatic carbocycles. The van der Waals surface area contributed by atoms with Crippen molar-refractivity contribution in [2.24, 2.45) is 11.7 Å². The van der Waals surface area contributed by atoms with Crippen LogP contribution >= 0.6 is 0 Å². The van der Waals surface area contributed by atoms with Crippen molar-refractivity contribution in [3.63, 3.8) is 0 Å². The van der Waals surface area contributed by atoms with E-state index in [1.54, 1.807) is 10.7 Å². The second kappa shape index (κ2) is 10.6. The summed E-state index contributed by atoms with van der Waals surface area (Å²) >= 11 is 0. The van der Waals surface area contributed by atoms with Gasteiger partial charge in [0.1, 0.15) is 23.5 Å². The monoisotopic (exact) mass is 506 g/mol. The molecular weight excluding hydrogens is 477 g/mol. The third-order valence-electron chi connectivity index (χ3n) is 5.93. The van der Waals surface area contributed by atoms with Gasteiger partial charge in [0.25, 0.3) is 0 Å². The molecule has 1 aliphatic rings. The number of pyridine rings is 1. The maximum Gasteiger partial charge on any atom is 0.411 e. The van der Waals surface area contributed by atoms with Crippen LogP contribution in [0.4, 0.5) is 30.8 Å². The van der Waals surface area contributed by atoms with Crippen LogP contribution in [0.25, 0.3) is 11.0 Å². The predicted molar refractivity (Wildman–Crippen MR) is 128 cm³/mol. The average Bonchev–Trinajstić information content (AvgIpc) is 3.19. The highest BCUT2D eigenvalue weighted by molar-refractivity contribution is 5.90. The number of fused-ring (bicyclic) bond motifs is 1. The number of primary amides is 1. The van der Waals surface area contributed by atoms with Crippen LogP contribution in [0.3, 0.4) is 0 Å². The number of amides is 1. The first-order chi connectivity index (χ1) is 17.1. The fraction of sp³-hybridized carbons (Fsp3) is 0.522. The van der Waals surface area contributed by atoms with E-state index >= 15 is 0 Å². The quantitative estimate of drug-likeness (QED) is 0.424. The molecular formula is C23H29F3N8O2. The van der Waals surface area contributed by atoms with Gasteiger partial charge in [0.2, 0.25) is 11.9 Å². The third kappa shape index (κ3) is 6.01. The number of hydrogen-bond donors (Lipinski definition) is 2. The number of anilines is 3. The number of carbonyl (C=O) groups is 1. The average molecular weight is 507 g/mol. The Hall–Kier alpha value is -3.48. The van der Waals surface area contributed by atoms with Crippen LogP contribution in [0.2, 0.25) is 0 Å². The summed E-state index contributed by atoms with van der Waals surface area (Å²) in [5, 5.41) is 7.82. The smallest absolute Gasteiger partial charge is 0.370 e. The summed E-state index contributed by atoms with van der Waals surface area (Å²) in [6.45, 7) is 3.42. The molecule has 3 aromatic heterocycles. The second-order valence-electron chi connectivity index (χ2n) is 8.74. The van der Waals surface area contributed by atoms with E-state index in [9.17, 15) is 18.0 Å². The van der Waals surface area contributed by atoms with Crippen LogP contribution in [0.15, 0.2) is 18.2 Å². The maximum absolute atomic E-state index is 12.5. The Morgan fingerprint density at radius 1 is 1.28 bits per heavy atom. The summed E-state index contributed by atoms with van der Waals surface area (Å²) in [5.41, 5.74) is 8.15. The number of nitrogens with zero attached hydrogens (tertiary/aromatic N) is 6. The zero-order valence-electron chi connectivity index (χ0n) is 20.2. The number of aromatic nitrogens is 5. The summed E-state index contributed by atoms with van der Waals surface area (Å²) in [7, 11) is 0. The lowest BCUT2D eigenvalue weighted by atomic mass is 9.98. The summed E-state index contributed by atoms with van der Waals surface area (Å²) in [6.07, 6.45) is -2.37. The first kappa shape index (κ1) is 25.6. The summed E-state index contributed by atoms with van der Waals surface area (Å²) in [6, 6.07) is 5.51. The molecule has 3 aromatic rings. The lowest BCUT2D eigenvalue weighted by Gasteiger charge is -2.31. The molecule has 0 radical (unpaired) electrons. The molecule has 13 heteroatoms. The Morgan fingerprint density at radius 2 is 2.08 bits per heavy atom. The number of hydrogen-bond acceptors (Lipinski definition) is 8. The van der Waals surface area contributed by atoms with Gasteiger partial charge < -0.3 is 20.7 Å². The summed E-state index contributed by atoms with van der Waals surface area (Å²) < 4.78 is 43.9. The van der Waals surface area contributed by atoms with Gasteiger partial charge in [-0.25, -0.2) is 9.97 Å². The number of rotatable bonds is 9. The minimum Gasteiger partial charge on any atom is -0.370 e. The van der Waals surface area contributed by atoms with Crippen molar-refractivity contribution in [3.05, 3.63) is 29.6 Å². The molecule has 0 bridgehead atoms. The number of aryl methyl sites for hydroxylation is 2. The van der Waals surface area contributed by atoms with Crippen LogP contribution in [-0.4, -0.2) is 63.1 Å². The highest BCUT2D eigenvalue weighted by Gasteiger charge is 2.29. The van der Waals surface area contributed by atoms with Crippen molar-refractivity contribution in [1.29, 1.82) is 0 Å². The molecule has 36 heavy (non-hydrogen) atoms. The molecule has 0 aromatic carbocycles. The molecule has 194 valence electrons. The van der Waals surface area contributed by atoms with E-state index in [0.717, 1.165) is 12.1 Å². The molecule has 0 spiro atoms. The van der Waals surface area contributed by atoms with E-state index in [1.165, 1.54) is 0 Å². The first-order valence-corrected chi connectivity index (χ1v) is 11.8. The van der Waals surface area contributed by atoms with Gasteiger partial charge in [-0.05, 0) is 38.3 Å². The third-order valence-corrected chi connectivity index (χ3v) is 5.93. The van der Waals surface area contributed by atoms with Crippen LogP contribution in [0.1, 0.15) is 31.2 Å². The van der Waals surface area contributed by atoms with E-state index in [2.05, 4.69) is 15.4 Å². The number of alkyl halides is 3. The second-order valence-corrected chi connectivity index (χ2v) is 8.74. The number of piperidine rings is 1. The van der Waals surface area contributed by atoms with E-state index in [1.807, 2.05) is 30.9 Å². The molecule has 10 nitrogen and oxygen atoms in total. The van der Waals surface area contributed by atoms with Gasteiger partial charge in [0.05, 0.1) is 24.8 Å². The number of halogens is 3. The van der Waals surface area contributed by atoms with Crippen molar-refractivity contribution >= 4 is 34.5 Å². The van der Waals surface area contributed by atoms with Gasteiger partial charge in [0, 0.05) is 18.8 Å². The highest BCUT2D eigenvalue weighted by atomic mass is 19.4. The normalized spacial score (nSPS) is 16.5. The van der Waals surface area contributed by atoms with Crippen LogP contribution in [-0.2, 0) is 22.5 Å². The van der Waals surface area contributed by atoms with Crippen molar-refractivity contribution in [3.8, 4) is 0 Å². The van der Waals surface area contributed by atoms with Crippen LogP contribution < -0.4 is 16.0 Å². The van der Waals surface area contributed by atoms with E-state index < -0.39 is 12.8 Å². The van der Waals surface area contributed by atoms with Crippen molar-refractivity contribution < 1.29 is 22.7 Å². The maximum atomic E-state index is 12.5. The molecule has 4 rings (SSSR count). The fourth-order valence-corrected chi connectivity index (χ4v) is 4.22. The van der Waals surface area contributed by atoms with Gasteiger partial charge in [-0.3, -0.25) is 9.48 Å². The fourth-order valence-electron chi connectivity index (χ4n) is 4.22. The Kier molecular flexibility index (Phi) is 7.57. The van der Waals surface area contributed by atoms with Gasteiger partial charge in [0.15, 0.2) is 5.82 Å². The van der Waals surface area contributed by atoms with E-state index in [4.69, 9.17) is 20.4 Å². The highest BCUT2D eigenvalue weighted by Crippen LogP contribution is 2.30. The van der Waals surface area contributed by atoms with Gasteiger partial charge in [-0.1, -0.05) is 13.0 Å². The van der Waals surface area contributed by atoms with Gasteiger partial charge >= 0.3 is 6.18 Å². The SMILES string of the molecule is CCc1nn(CCOCC(F)(F)F)c2c(Nc3cccc(C)n3)nc(N3CCCC(C(N)=O)C3)nc12. The molecule has 0 saturated carbocycles. The predicted octanol–water partition coefficient (Wildman–Crippen LogP) is 3.12. The van der Waals surface area contributed by atoms with Crippen LogP contribution in [0.5, 0.6) is 0 Å². The number of carbonyl (C=O) groups excluding carboxylic acids is 1. The van der Waals surface area contributed by atoms with Crippen LogP contribution in [0, 0.1) is 12.8 Å². The Labute approximate surface area is 206 Å². The number of ether oxygens (including phenoxy) is 1. The van der Waals surface area contributed by atoms with Crippen molar-refractivity contribution in [2.75, 3.05) is 36.5 Å². The topological polar surface area (TPSA) is 124 Å². The van der Waals surface area contributed by atoms with Crippen molar-refractivity contribution in [2.45, 2.75) is 45.8 Å². The molecule has 1 aliphatic heterocycles. The minimum atomic E-state index is -4.40. The van der Waals surface area contributed by atoms with E-state index in [0.29, 0.717) is 60.2 Å². The summed E-state index contributed by atoms with van der Waals surface area (Å²) in [4.78, 5) is 27.7. The van der Waals surface area contributed by atoms with Gasteiger partial charge in [-0.15, -0.1) is 0 Å². The standard InChI is InChI=1S/C23H29F3N8O2/c1-3-16-18-19(34(32-16)10-11-36-13-23(24,25)26)21(29-17-8-4-6-14(2)28-17)31-22(30-18)33-9-5-7-15(12-33)20(27)35/h4,6,8,15H,3,5,7,9-13H2,1-2H3,(H2,27,35)(H,28,29,30,31). The van der Waals surface area contributed by atoms with E-state index in [-0.39, 0.29) is 25.0 Å². The Balaban J connectivity index is 1.74. The zero-order chi connectivity index (χ0) is 25.9. The Bertz CT molecular complexity index is 1230. The largest absolute Gasteiger partial charge is 0.411 e. The molecule has 1 amide bonds. The molecule has 4 heterocycles. The number of nitrogens with one attached hydrogen (secondary N) is 1. The first-order valence-electron chi connectivity index (χ1n) is 11.8. The lowest BCUT2D eigenvalue weighted by molar-refractivity contribution is -0.174. The lowest BCUT2D eigenvalue weighted by Crippen LogP contribution is -2.42. The molecule has 1 saturated heterocycles. The number of nitrogens with two attached hydrogens (primary N) is 1. The Morgan fingerprint density at radius 3 is 2.78 bits per heavy atom. The molecule has 1 unspecified atom stereocenters. The molecule has 3 N–H and O–H groups in total. The summed E-state index contributed by atoms with van der Waals surface area (Å²) in [5.74, 6) is 0.730. The molecule has 1 fully saturated rings. The van der Waals surface area contributed by atoms with Crippen molar-refractivity contribution in [1.82, 2.24) is 24.7 Å². The van der Waals surface area contributed by atoms with Gasteiger partial charge in [-0.2, -0.15) is 23.3 Å². The minimum absolute atomic E-state index is 0.0820. The molecule has 1 atom stereocenters.